The van der Waals surface area contributed by atoms with Gasteiger partial charge in [-0.05, 0) is 91.4 Å². The van der Waals surface area contributed by atoms with Crippen LogP contribution < -0.4 is 15.8 Å². The number of nitrogens with zero attached hydrogens (tertiary/aromatic N) is 1. The minimum Gasteiger partial charge on any atom is -0.496 e. The molecule has 3 aromatic rings. The van der Waals surface area contributed by atoms with E-state index in [0.717, 1.165) is 65.0 Å². The Balaban J connectivity index is 1.61. The van der Waals surface area contributed by atoms with Crippen LogP contribution >= 0.6 is 0 Å². The highest BCUT2D eigenvalue weighted by molar-refractivity contribution is 5.95. The number of halogens is 1. The molecule has 0 aliphatic carbocycles. The average molecular weight is 506 g/mol. The summed E-state index contributed by atoms with van der Waals surface area (Å²) in [6, 6.07) is 15.2. The minimum absolute atomic E-state index is 0.0376. The van der Waals surface area contributed by atoms with Crippen LogP contribution in [0.4, 0.5) is 10.1 Å². The number of hydrogen-bond donors (Lipinski definition) is 3. The standard InChI is InChI=1S/C30H36FN3O3/c1-19-23(22-16-27(31)26(18-32)29(17-22)37-3)6-4-7-24(19)25-8-5-9-28(20(25)2)33-30(36)21-10-12-34(13-11-21)14-15-35/h4-9,16-17,21,35H,10-15,18,32H2,1-3H3,(H,33,36). The quantitative estimate of drug-likeness (QED) is 0.406. The van der Waals surface area contributed by atoms with E-state index in [-0.39, 0.29) is 30.8 Å². The van der Waals surface area contributed by atoms with Gasteiger partial charge in [0.1, 0.15) is 11.6 Å². The molecule has 1 fully saturated rings. The normalized spacial score (nSPS) is 14.5. The number of likely N-dealkylation sites (tertiary alicyclic amines) is 1. The van der Waals surface area contributed by atoms with Crippen molar-refractivity contribution < 1.29 is 19.0 Å². The summed E-state index contributed by atoms with van der Waals surface area (Å²) in [4.78, 5) is 15.2. The van der Waals surface area contributed by atoms with Crippen molar-refractivity contribution in [3.63, 3.8) is 0 Å². The van der Waals surface area contributed by atoms with Gasteiger partial charge >= 0.3 is 0 Å². The maximum Gasteiger partial charge on any atom is 0.227 e. The number of carbonyl (C=O) groups is 1. The molecule has 0 aromatic heterocycles. The monoisotopic (exact) mass is 505 g/mol. The highest BCUT2D eigenvalue weighted by Crippen LogP contribution is 2.37. The first-order chi connectivity index (χ1) is 17.9. The van der Waals surface area contributed by atoms with Crippen molar-refractivity contribution in [3.05, 3.63) is 71.0 Å². The van der Waals surface area contributed by atoms with Crippen LogP contribution in [0.15, 0.2) is 48.5 Å². The molecule has 0 saturated carbocycles. The number of benzene rings is 3. The number of aliphatic hydroxyl groups is 1. The second-order valence-corrected chi connectivity index (χ2v) is 9.63. The first kappa shape index (κ1) is 26.8. The van der Waals surface area contributed by atoms with Gasteiger partial charge in [0.25, 0.3) is 0 Å². The number of methoxy groups -OCH3 is 1. The van der Waals surface area contributed by atoms with Gasteiger partial charge in [-0.25, -0.2) is 4.39 Å². The van der Waals surface area contributed by atoms with Crippen LogP contribution in [-0.4, -0.2) is 49.3 Å². The number of anilines is 1. The predicted molar refractivity (Wildman–Crippen MR) is 146 cm³/mol. The molecule has 1 aliphatic rings. The average Bonchev–Trinajstić information content (AvgIpc) is 2.90. The molecular formula is C30H36FN3O3. The van der Waals surface area contributed by atoms with Gasteiger partial charge in [0.15, 0.2) is 0 Å². The molecule has 1 saturated heterocycles. The maximum absolute atomic E-state index is 14.8. The highest BCUT2D eigenvalue weighted by atomic mass is 19.1. The fraction of sp³-hybridized carbons (Fsp3) is 0.367. The third kappa shape index (κ3) is 5.69. The second kappa shape index (κ2) is 11.9. The van der Waals surface area contributed by atoms with Crippen molar-refractivity contribution in [3.8, 4) is 28.0 Å². The van der Waals surface area contributed by atoms with Gasteiger partial charge < -0.3 is 25.8 Å². The number of β-amino-alcohol motifs (C(OH)–C–C–N with tert-alkyl or cyclic N) is 1. The highest BCUT2D eigenvalue weighted by Gasteiger charge is 2.25. The molecule has 0 bridgehead atoms. The molecule has 6 nitrogen and oxygen atoms in total. The van der Waals surface area contributed by atoms with Crippen LogP contribution in [-0.2, 0) is 11.3 Å². The Bertz CT molecular complexity index is 1270. The Morgan fingerprint density at radius 1 is 1.08 bits per heavy atom. The number of rotatable bonds is 8. The van der Waals surface area contributed by atoms with E-state index in [1.807, 2.05) is 56.3 Å². The lowest BCUT2D eigenvalue weighted by Gasteiger charge is -2.30. The van der Waals surface area contributed by atoms with Crippen molar-refractivity contribution in [2.24, 2.45) is 11.7 Å². The number of aliphatic hydroxyl groups excluding tert-OH is 1. The summed E-state index contributed by atoms with van der Waals surface area (Å²) < 4.78 is 20.2. The summed E-state index contributed by atoms with van der Waals surface area (Å²) in [6.45, 7) is 6.54. The van der Waals surface area contributed by atoms with Crippen molar-refractivity contribution in [2.75, 3.05) is 38.7 Å². The molecule has 3 aromatic carbocycles. The molecule has 0 unspecified atom stereocenters. The molecule has 0 spiro atoms. The molecule has 196 valence electrons. The summed E-state index contributed by atoms with van der Waals surface area (Å²) in [6.07, 6.45) is 1.57. The van der Waals surface area contributed by atoms with Crippen LogP contribution in [0.25, 0.3) is 22.3 Å². The molecule has 1 amide bonds. The van der Waals surface area contributed by atoms with Gasteiger partial charge in [0, 0.05) is 30.3 Å². The number of ether oxygens (including phenoxy) is 1. The molecule has 7 heteroatoms. The fourth-order valence-electron chi connectivity index (χ4n) is 5.25. The smallest absolute Gasteiger partial charge is 0.227 e. The molecule has 37 heavy (non-hydrogen) atoms. The predicted octanol–water partition coefficient (Wildman–Crippen LogP) is 4.89. The lowest BCUT2D eigenvalue weighted by atomic mass is 9.89. The SMILES string of the molecule is COc1cc(-c2cccc(-c3cccc(NC(=O)C4CCN(CCO)CC4)c3C)c2C)cc(F)c1CN. The summed E-state index contributed by atoms with van der Waals surface area (Å²) in [5.74, 6) is 0.0523. The summed E-state index contributed by atoms with van der Waals surface area (Å²) in [7, 11) is 1.52. The van der Waals surface area contributed by atoms with Gasteiger partial charge in [0.05, 0.1) is 13.7 Å². The Morgan fingerprint density at radius 2 is 1.73 bits per heavy atom. The molecule has 0 atom stereocenters. The number of carbonyl (C=O) groups excluding carboxylic acids is 1. The van der Waals surface area contributed by atoms with Crippen LogP contribution in [0.5, 0.6) is 5.75 Å². The zero-order valence-electron chi connectivity index (χ0n) is 21.8. The molecule has 4 rings (SSSR count). The van der Waals surface area contributed by atoms with Crippen LogP contribution in [0, 0.1) is 25.6 Å². The number of piperidine rings is 1. The molecule has 1 heterocycles. The third-order valence-corrected chi connectivity index (χ3v) is 7.48. The Morgan fingerprint density at radius 3 is 2.38 bits per heavy atom. The first-order valence-corrected chi connectivity index (χ1v) is 12.8. The fourth-order valence-corrected chi connectivity index (χ4v) is 5.25. The van der Waals surface area contributed by atoms with E-state index >= 15 is 0 Å². The summed E-state index contributed by atoms with van der Waals surface area (Å²) >= 11 is 0. The van der Waals surface area contributed by atoms with E-state index < -0.39 is 0 Å². The summed E-state index contributed by atoms with van der Waals surface area (Å²) in [5, 5.41) is 12.3. The van der Waals surface area contributed by atoms with E-state index in [1.54, 1.807) is 0 Å². The number of hydrogen-bond acceptors (Lipinski definition) is 5. The van der Waals surface area contributed by atoms with Gasteiger partial charge in [-0.2, -0.15) is 0 Å². The van der Waals surface area contributed by atoms with Crippen molar-refractivity contribution in [1.82, 2.24) is 4.90 Å². The Labute approximate surface area is 218 Å². The third-order valence-electron chi connectivity index (χ3n) is 7.48. The number of amides is 1. The largest absolute Gasteiger partial charge is 0.496 e. The van der Waals surface area contributed by atoms with E-state index in [4.69, 9.17) is 15.6 Å². The lowest BCUT2D eigenvalue weighted by Crippen LogP contribution is -2.39. The van der Waals surface area contributed by atoms with E-state index in [0.29, 0.717) is 17.9 Å². The van der Waals surface area contributed by atoms with Gasteiger partial charge in [-0.15, -0.1) is 0 Å². The zero-order valence-corrected chi connectivity index (χ0v) is 21.8. The lowest BCUT2D eigenvalue weighted by molar-refractivity contribution is -0.121. The molecule has 0 radical (unpaired) electrons. The molecule has 1 aliphatic heterocycles. The molecule has 4 N–H and O–H groups in total. The maximum atomic E-state index is 14.8. The minimum atomic E-state index is -0.385. The van der Waals surface area contributed by atoms with E-state index in [9.17, 15) is 9.18 Å². The zero-order chi connectivity index (χ0) is 26.5. The van der Waals surface area contributed by atoms with Gasteiger partial charge in [-0.1, -0.05) is 30.3 Å². The number of nitrogens with one attached hydrogen (secondary N) is 1. The van der Waals surface area contributed by atoms with E-state index in [1.165, 1.54) is 13.2 Å². The number of nitrogens with two attached hydrogens (primary N) is 1. The molecular weight excluding hydrogens is 469 g/mol. The van der Waals surface area contributed by atoms with Crippen molar-refractivity contribution in [2.45, 2.75) is 33.2 Å². The summed E-state index contributed by atoms with van der Waals surface area (Å²) in [5.41, 5.74) is 12.5. The van der Waals surface area contributed by atoms with Crippen molar-refractivity contribution in [1.29, 1.82) is 0 Å². The Kier molecular flexibility index (Phi) is 8.59. The Hall–Kier alpha value is -3.26. The van der Waals surface area contributed by atoms with Gasteiger partial charge in [-0.3, -0.25) is 4.79 Å². The van der Waals surface area contributed by atoms with E-state index in [2.05, 4.69) is 10.2 Å². The van der Waals surface area contributed by atoms with Crippen LogP contribution in [0.2, 0.25) is 0 Å². The van der Waals surface area contributed by atoms with Crippen LogP contribution in [0.1, 0.15) is 29.5 Å². The first-order valence-electron chi connectivity index (χ1n) is 12.8. The van der Waals surface area contributed by atoms with Crippen LogP contribution in [0.3, 0.4) is 0 Å². The second-order valence-electron chi connectivity index (χ2n) is 9.63. The van der Waals surface area contributed by atoms with Crippen molar-refractivity contribution >= 4 is 11.6 Å². The van der Waals surface area contributed by atoms with Gasteiger partial charge in [0.2, 0.25) is 5.91 Å². The topological polar surface area (TPSA) is 87.8 Å².